The van der Waals surface area contributed by atoms with E-state index >= 15 is 0 Å². The molecule has 0 heterocycles. The van der Waals surface area contributed by atoms with E-state index in [-0.39, 0.29) is 43.0 Å². The van der Waals surface area contributed by atoms with E-state index < -0.39 is 6.16 Å². The summed E-state index contributed by atoms with van der Waals surface area (Å²) in [4.78, 5) is 37.7. The average Bonchev–Trinajstić information content (AvgIpc) is 3.37. The van der Waals surface area contributed by atoms with Crippen LogP contribution < -0.4 is 0 Å². The van der Waals surface area contributed by atoms with Gasteiger partial charge in [-0.15, -0.1) is 0 Å². The van der Waals surface area contributed by atoms with Gasteiger partial charge in [-0.2, -0.15) is 0 Å². The summed E-state index contributed by atoms with van der Waals surface area (Å²) in [6.45, 7) is 12.9. The largest absolute Gasteiger partial charge is 0.509 e. The third-order valence-electron chi connectivity index (χ3n) is 12.6. The second-order valence-electron chi connectivity index (χ2n) is 15.6. The first-order chi connectivity index (χ1) is 21.4. The Bertz CT molecular complexity index is 1040. The fourth-order valence-electron chi connectivity index (χ4n) is 10.0. The highest BCUT2D eigenvalue weighted by Crippen LogP contribution is 2.67. The molecule has 0 aromatic carbocycles. The summed E-state index contributed by atoms with van der Waals surface area (Å²) in [6, 6.07) is 0. The third-order valence-corrected chi connectivity index (χ3v) is 12.6. The fraction of sp³-hybridized carbons (Fsp3) is 0.865. The van der Waals surface area contributed by atoms with Crippen molar-refractivity contribution < 1.29 is 33.3 Å². The van der Waals surface area contributed by atoms with Crippen molar-refractivity contribution in [1.29, 1.82) is 0 Å². The monoisotopic (exact) mass is 631 g/mol. The zero-order chi connectivity index (χ0) is 32.8. The van der Waals surface area contributed by atoms with Crippen LogP contribution in [0.3, 0.4) is 0 Å². The number of carbonyl (C=O) groups is 3. The number of hydrogen-bond donors (Lipinski definition) is 0. The van der Waals surface area contributed by atoms with E-state index in [1.165, 1.54) is 64.7 Å². The SMILES string of the molecule is COC(=O)CCN(CCC(=O)OC)COC(=O)OC1CC[C@@]2(C)C(=CCC3C2CC[C@@]2(C)C3CC[C@@H]2[C@H](C)CCCC(C)C)C1. The first-order valence-electron chi connectivity index (χ1n) is 17.8. The molecule has 4 rings (SSSR count). The predicted molar refractivity (Wildman–Crippen MR) is 174 cm³/mol. The number of fused-ring (bicyclic) bond motifs is 5. The van der Waals surface area contributed by atoms with Crippen LogP contribution in [0.2, 0.25) is 0 Å². The van der Waals surface area contributed by atoms with E-state index in [4.69, 9.17) is 18.9 Å². The lowest BCUT2D eigenvalue weighted by atomic mass is 9.47. The van der Waals surface area contributed by atoms with Crippen molar-refractivity contribution in [1.82, 2.24) is 4.90 Å². The molecule has 0 spiro atoms. The van der Waals surface area contributed by atoms with Gasteiger partial charge in [0, 0.05) is 19.5 Å². The molecule has 8 atom stereocenters. The van der Waals surface area contributed by atoms with E-state index in [1.807, 2.05) is 0 Å². The number of ether oxygens (including phenoxy) is 4. The molecular formula is C37H61NO7. The Kier molecular flexibility index (Phi) is 12.4. The molecule has 256 valence electrons. The van der Waals surface area contributed by atoms with Crippen LogP contribution in [0, 0.1) is 46.3 Å². The standard InChI is InChI=1S/C37H61NO7/c1-25(2)9-8-10-26(3)30-13-14-31-29-12-11-27-23-28(15-19-36(27,4)32(29)16-20-37(30,31)5)45-35(41)44-24-38(21-17-33(39)42-6)22-18-34(40)43-7/h11,25-26,28-32H,8-10,12-24H2,1-7H3/t26-,28?,29?,30-,31?,32?,36+,37-/m1/s1. The van der Waals surface area contributed by atoms with Crippen molar-refractivity contribution in [3.8, 4) is 0 Å². The van der Waals surface area contributed by atoms with Crippen molar-refractivity contribution in [2.45, 2.75) is 124 Å². The quantitative estimate of drug-likeness (QED) is 0.0826. The molecule has 4 aliphatic rings. The minimum absolute atomic E-state index is 0.0683. The summed E-state index contributed by atoms with van der Waals surface area (Å²) in [7, 11) is 2.66. The van der Waals surface area contributed by atoms with E-state index in [0.717, 1.165) is 61.2 Å². The second kappa shape index (κ2) is 15.7. The van der Waals surface area contributed by atoms with Gasteiger partial charge < -0.3 is 18.9 Å². The van der Waals surface area contributed by atoms with Crippen LogP contribution in [0.25, 0.3) is 0 Å². The molecule has 0 radical (unpaired) electrons. The zero-order valence-electron chi connectivity index (χ0n) is 29.2. The molecule has 45 heavy (non-hydrogen) atoms. The molecule has 4 aliphatic carbocycles. The van der Waals surface area contributed by atoms with Gasteiger partial charge in [-0.25, -0.2) is 4.79 Å². The Balaban J connectivity index is 1.31. The maximum absolute atomic E-state index is 12.7. The van der Waals surface area contributed by atoms with Crippen molar-refractivity contribution in [2.24, 2.45) is 46.3 Å². The van der Waals surface area contributed by atoms with Crippen LogP contribution >= 0.6 is 0 Å². The normalized spacial score (nSPS) is 33.0. The Morgan fingerprint density at radius 2 is 1.60 bits per heavy atom. The molecule has 0 aromatic rings. The predicted octanol–water partition coefficient (Wildman–Crippen LogP) is 7.94. The van der Waals surface area contributed by atoms with Gasteiger partial charge in [-0.05, 0) is 91.3 Å². The molecule has 0 saturated heterocycles. The first kappa shape index (κ1) is 35.8. The smallest absolute Gasteiger partial charge is 0.469 e. The Labute approximate surface area is 272 Å². The van der Waals surface area contributed by atoms with Gasteiger partial charge in [-0.3, -0.25) is 14.5 Å². The summed E-state index contributed by atoms with van der Waals surface area (Å²) in [6.07, 6.45) is 15.3. The Morgan fingerprint density at radius 3 is 2.24 bits per heavy atom. The van der Waals surface area contributed by atoms with Crippen LogP contribution in [0.4, 0.5) is 4.79 Å². The highest BCUT2D eigenvalue weighted by atomic mass is 16.7. The number of rotatable bonds is 14. The number of esters is 2. The lowest BCUT2D eigenvalue weighted by Crippen LogP contribution is -2.51. The Morgan fingerprint density at radius 1 is 0.911 bits per heavy atom. The van der Waals surface area contributed by atoms with E-state index in [0.29, 0.717) is 18.5 Å². The van der Waals surface area contributed by atoms with E-state index in [2.05, 4.69) is 40.7 Å². The molecular weight excluding hydrogens is 570 g/mol. The average molecular weight is 632 g/mol. The van der Waals surface area contributed by atoms with Crippen molar-refractivity contribution >= 4 is 18.1 Å². The maximum Gasteiger partial charge on any atom is 0.509 e. The van der Waals surface area contributed by atoms with Crippen LogP contribution in [-0.2, 0) is 28.5 Å². The summed E-state index contributed by atoms with van der Waals surface area (Å²) in [5.41, 5.74) is 2.14. The van der Waals surface area contributed by atoms with Gasteiger partial charge >= 0.3 is 18.1 Å². The molecule has 0 aromatic heterocycles. The molecule has 3 saturated carbocycles. The highest BCUT2D eigenvalue weighted by Gasteiger charge is 2.59. The van der Waals surface area contributed by atoms with Gasteiger partial charge in [0.1, 0.15) is 12.8 Å². The number of carbonyl (C=O) groups excluding carboxylic acids is 3. The minimum Gasteiger partial charge on any atom is -0.469 e. The maximum atomic E-state index is 12.7. The summed E-state index contributed by atoms with van der Waals surface area (Å²) in [5, 5.41) is 0. The fourth-order valence-corrected chi connectivity index (χ4v) is 10.0. The summed E-state index contributed by atoms with van der Waals surface area (Å²) >= 11 is 0. The molecule has 8 heteroatoms. The van der Waals surface area contributed by atoms with Gasteiger partial charge in [0.2, 0.25) is 0 Å². The van der Waals surface area contributed by atoms with Crippen molar-refractivity contribution in [3.63, 3.8) is 0 Å². The lowest BCUT2D eigenvalue weighted by molar-refractivity contribution is -0.141. The summed E-state index contributed by atoms with van der Waals surface area (Å²) in [5.74, 6) is 4.07. The molecule has 0 N–H and O–H groups in total. The first-order valence-corrected chi connectivity index (χ1v) is 17.8. The molecule has 0 bridgehead atoms. The number of nitrogens with zero attached hydrogens (tertiary/aromatic N) is 1. The second-order valence-corrected chi connectivity index (χ2v) is 15.6. The van der Waals surface area contributed by atoms with E-state index in [9.17, 15) is 14.4 Å². The zero-order valence-corrected chi connectivity index (χ0v) is 29.2. The molecule has 0 aliphatic heterocycles. The van der Waals surface area contributed by atoms with Crippen molar-refractivity contribution in [2.75, 3.05) is 34.0 Å². The molecule has 3 fully saturated rings. The van der Waals surface area contributed by atoms with E-state index in [1.54, 1.807) is 4.90 Å². The van der Waals surface area contributed by atoms with Gasteiger partial charge in [0.25, 0.3) is 0 Å². The minimum atomic E-state index is -0.702. The lowest BCUT2D eigenvalue weighted by Gasteiger charge is -2.58. The highest BCUT2D eigenvalue weighted by molar-refractivity contribution is 5.70. The van der Waals surface area contributed by atoms with Gasteiger partial charge in [0.05, 0.1) is 27.1 Å². The third kappa shape index (κ3) is 8.44. The number of methoxy groups -OCH3 is 2. The van der Waals surface area contributed by atoms with Crippen LogP contribution in [-0.4, -0.2) is 63.1 Å². The summed E-state index contributed by atoms with van der Waals surface area (Å²) < 4.78 is 20.7. The molecule has 4 unspecified atom stereocenters. The van der Waals surface area contributed by atoms with Gasteiger partial charge in [0.15, 0.2) is 0 Å². The molecule has 0 amide bonds. The van der Waals surface area contributed by atoms with Crippen LogP contribution in [0.1, 0.15) is 118 Å². The molecule has 8 nitrogen and oxygen atoms in total. The number of allylic oxidation sites excluding steroid dienone is 1. The van der Waals surface area contributed by atoms with Crippen molar-refractivity contribution in [3.05, 3.63) is 11.6 Å². The van der Waals surface area contributed by atoms with Crippen LogP contribution in [0.5, 0.6) is 0 Å². The van der Waals surface area contributed by atoms with Crippen LogP contribution in [0.15, 0.2) is 11.6 Å². The Hall–Kier alpha value is -2.09. The topological polar surface area (TPSA) is 91.4 Å². The number of hydrogen-bond acceptors (Lipinski definition) is 8. The van der Waals surface area contributed by atoms with Gasteiger partial charge in [-0.1, -0.05) is 65.5 Å².